The lowest BCUT2D eigenvalue weighted by molar-refractivity contribution is 0.185. The van der Waals surface area contributed by atoms with Crippen LogP contribution in [0.25, 0.3) is 0 Å². The lowest BCUT2D eigenvalue weighted by Gasteiger charge is -2.37. The summed E-state index contributed by atoms with van der Waals surface area (Å²) in [6, 6.07) is 9.20. The molecular weight excluding hydrogens is 289 g/mol. The van der Waals surface area contributed by atoms with Crippen LogP contribution in [0.2, 0.25) is 0 Å². The van der Waals surface area contributed by atoms with E-state index in [9.17, 15) is 9.67 Å². The number of nitrogens with one attached hydrogen (secondary N) is 1. The molecule has 0 heterocycles. The lowest BCUT2D eigenvalue weighted by Crippen LogP contribution is -2.43. The van der Waals surface area contributed by atoms with Crippen LogP contribution in [0.3, 0.4) is 0 Å². The largest absolute Gasteiger partial charge is 0.394 e. The summed E-state index contributed by atoms with van der Waals surface area (Å²) >= 11 is 0. The van der Waals surface area contributed by atoms with Crippen LogP contribution in [0.1, 0.15) is 32.4 Å². The number of aliphatic hydroxyl groups is 1. The van der Waals surface area contributed by atoms with E-state index >= 15 is 0 Å². The minimum atomic E-state index is -3.32. The van der Waals surface area contributed by atoms with Crippen molar-refractivity contribution in [1.82, 2.24) is 5.32 Å². The minimum absolute atomic E-state index is 0.107. The second kappa shape index (κ2) is 7.52. The molecule has 2 N–H and O–H groups in total. The summed E-state index contributed by atoms with van der Waals surface area (Å²) in [4.78, 5) is 0. The van der Waals surface area contributed by atoms with Crippen molar-refractivity contribution in [3.05, 3.63) is 35.9 Å². The number of rotatable bonds is 7. The molecule has 0 aromatic heterocycles. The molecule has 0 amide bonds. The number of benzene rings is 1. The molecule has 0 bridgehead atoms. The van der Waals surface area contributed by atoms with Gasteiger partial charge in [-0.1, -0.05) is 51.1 Å². The van der Waals surface area contributed by atoms with Crippen molar-refractivity contribution in [3.63, 3.8) is 0 Å². The van der Waals surface area contributed by atoms with Crippen LogP contribution in [0.15, 0.2) is 30.3 Å². The summed E-state index contributed by atoms with van der Waals surface area (Å²) < 4.78 is 23.1. The maximum absolute atomic E-state index is 12.8. The van der Waals surface area contributed by atoms with Gasteiger partial charge in [0.2, 0.25) is 0 Å². The molecule has 1 rings (SSSR count). The van der Waals surface area contributed by atoms with Gasteiger partial charge in [-0.3, -0.25) is 9.88 Å². The van der Waals surface area contributed by atoms with Gasteiger partial charge in [0.15, 0.2) is 0 Å². The molecule has 5 nitrogen and oxygen atoms in total. The molecular formula is C15H26NO4P. The zero-order valence-corrected chi connectivity index (χ0v) is 14.3. The molecule has 0 unspecified atom stereocenters. The Bertz CT molecular complexity index is 464. The van der Waals surface area contributed by atoms with Gasteiger partial charge in [0.25, 0.3) is 0 Å². The minimum Gasteiger partial charge on any atom is -0.394 e. The van der Waals surface area contributed by atoms with Crippen molar-refractivity contribution >= 4 is 7.60 Å². The summed E-state index contributed by atoms with van der Waals surface area (Å²) in [7, 11) is -0.570. The zero-order valence-electron chi connectivity index (χ0n) is 13.4. The molecule has 0 saturated heterocycles. The van der Waals surface area contributed by atoms with Gasteiger partial charge in [-0.25, -0.2) is 0 Å². The SMILES string of the molecule is COP(=O)(OC)[C@@H](N[C@@H](CO)c1ccccc1)C(C)(C)C. The third-order valence-corrected chi connectivity index (χ3v) is 5.96. The molecule has 0 aliphatic heterocycles. The van der Waals surface area contributed by atoms with E-state index in [0.29, 0.717) is 0 Å². The second-order valence-corrected chi connectivity index (χ2v) is 8.31. The normalized spacial score (nSPS) is 15.7. The Morgan fingerprint density at radius 2 is 1.71 bits per heavy atom. The highest BCUT2D eigenvalue weighted by Gasteiger charge is 2.43. The van der Waals surface area contributed by atoms with Gasteiger partial charge in [-0.2, -0.15) is 0 Å². The van der Waals surface area contributed by atoms with E-state index in [0.717, 1.165) is 5.56 Å². The van der Waals surface area contributed by atoms with Crippen molar-refractivity contribution in [2.75, 3.05) is 20.8 Å². The molecule has 0 aliphatic carbocycles. The van der Waals surface area contributed by atoms with Gasteiger partial charge in [-0.05, 0) is 11.0 Å². The Hall–Kier alpha value is -0.710. The van der Waals surface area contributed by atoms with Crippen LogP contribution in [0, 0.1) is 5.41 Å². The van der Waals surface area contributed by atoms with Gasteiger partial charge < -0.3 is 14.2 Å². The number of hydrogen-bond donors (Lipinski definition) is 2. The standard InChI is InChI=1S/C15H26NO4P/c1-15(2,3)14(21(18,19-4)20-5)16-13(11-17)12-9-7-6-8-10-12/h6-10,13-14,16-17H,11H2,1-5H3/t13-,14+/m0/s1. The highest BCUT2D eigenvalue weighted by molar-refractivity contribution is 7.54. The van der Waals surface area contributed by atoms with Crippen molar-refractivity contribution in [3.8, 4) is 0 Å². The van der Waals surface area contributed by atoms with E-state index in [2.05, 4.69) is 5.32 Å². The van der Waals surface area contributed by atoms with Gasteiger partial charge in [-0.15, -0.1) is 0 Å². The van der Waals surface area contributed by atoms with E-state index in [1.54, 1.807) is 0 Å². The van der Waals surface area contributed by atoms with Crippen LogP contribution in [-0.2, 0) is 13.6 Å². The molecule has 6 heteroatoms. The molecule has 120 valence electrons. The Kier molecular flexibility index (Phi) is 6.57. The average Bonchev–Trinajstić information content (AvgIpc) is 2.47. The van der Waals surface area contributed by atoms with E-state index in [-0.39, 0.29) is 18.1 Å². The van der Waals surface area contributed by atoms with Crippen molar-refractivity contribution in [2.24, 2.45) is 5.41 Å². The first kappa shape index (κ1) is 18.3. The number of aliphatic hydroxyl groups excluding tert-OH is 1. The summed E-state index contributed by atoms with van der Waals surface area (Å²) in [6.45, 7) is 5.75. The van der Waals surface area contributed by atoms with Crippen LogP contribution >= 0.6 is 7.60 Å². The molecule has 0 spiro atoms. The number of hydrogen-bond acceptors (Lipinski definition) is 5. The quantitative estimate of drug-likeness (QED) is 0.757. The van der Waals surface area contributed by atoms with Gasteiger partial charge in [0.05, 0.1) is 12.6 Å². The summed E-state index contributed by atoms with van der Waals surface area (Å²) in [6.07, 6.45) is 0. The molecule has 1 aromatic carbocycles. The Balaban J connectivity index is 3.09. The fraction of sp³-hybridized carbons (Fsp3) is 0.600. The van der Waals surface area contributed by atoms with E-state index in [1.165, 1.54) is 14.2 Å². The van der Waals surface area contributed by atoms with Gasteiger partial charge in [0, 0.05) is 14.2 Å². The second-order valence-electron chi connectivity index (χ2n) is 5.99. The predicted octanol–water partition coefficient (Wildman–Crippen LogP) is 3.17. The molecule has 0 saturated carbocycles. The highest BCUT2D eigenvalue weighted by Crippen LogP contribution is 2.56. The van der Waals surface area contributed by atoms with Crippen molar-refractivity contribution in [2.45, 2.75) is 32.6 Å². The fourth-order valence-electron chi connectivity index (χ4n) is 2.23. The van der Waals surface area contributed by atoms with Crippen LogP contribution in [-0.4, -0.2) is 31.7 Å². The predicted molar refractivity (Wildman–Crippen MR) is 84.3 cm³/mol. The van der Waals surface area contributed by atoms with E-state index in [4.69, 9.17) is 9.05 Å². The molecule has 0 fully saturated rings. The topological polar surface area (TPSA) is 67.8 Å². The smallest absolute Gasteiger partial charge is 0.347 e. The summed E-state index contributed by atoms with van der Waals surface area (Å²) in [5, 5.41) is 12.9. The van der Waals surface area contributed by atoms with E-state index in [1.807, 2.05) is 51.1 Å². The third kappa shape index (κ3) is 4.63. The van der Waals surface area contributed by atoms with Crippen molar-refractivity contribution < 1.29 is 18.7 Å². The maximum atomic E-state index is 12.8. The molecule has 1 aromatic rings. The van der Waals surface area contributed by atoms with Crippen LogP contribution in [0.5, 0.6) is 0 Å². The van der Waals surface area contributed by atoms with Gasteiger partial charge >= 0.3 is 7.60 Å². The average molecular weight is 315 g/mol. The molecule has 0 aliphatic rings. The zero-order chi connectivity index (χ0) is 16.1. The first-order chi connectivity index (χ1) is 9.78. The Labute approximate surface area is 127 Å². The highest BCUT2D eigenvalue weighted by atomic mass is 31.2. The molecule has 2 atom stereocenters. The van der Waals surface area contributed by atoms with Crippen LogP contribution < -0.4 is 5.32 Å². The van der Waals surface area contributed by atoms with Crippen LogP contribution in [0.4, 0.5) is 0 Å². The Morgan fingerprint density at radius 3 is 2.10 bits per heavy atom. The Morgan fingerprint density at radius 1 is 1.19 bits per heavy atom. The van der Waals surface area contributed by atoms with E-state index < -0.39 is 13.4 Å². The molecule has 21 heavy (non-hydrogen) atoms. The monoisotopic (exact) mass is 315 g/mol. The first-order valence-corrected chi connectivity index (χ1v) is 8.52. The maximum Gasteiger partial charge on any atom is 0.347 e. The van der Waals surface area contributed by atoms with Gasteiger partial charge in [0.1, 0.15) is 5.78 Å². The summed E-state index contributed by atoms with van der Waals surface area (Å²) in [5.74, 6) is -0.544. The molecule has 0 radical (unpaired) electrons. The first-order valence-electron chi connectivity index (χ1n) is 6.91. The third-order valence-electron chi connectivity index (χ3n) is 3.39. The fourth-order valence-corrected chi connectivity index (χ4v) is 4.11. The lowest BCUT2D eigenvalue weighted by atomic mass is 9.95. The summed E-state index contributed by atoms with van der Waals surface area (Å²) in [5.41, 5.74) is 0.553. The van der Waals surface area contributed by atoms with Crippen molar-refractivity contribution in [1.29, 1.82) is 0 Å².